The summed E-state index contributed by atoms with van der Waals surface area (Å²) >= 11 is 0. The lowest BCUT2D eigenvalue weighted by atomic mass is 10.0. The first-order valence-corrected chi connectivity index (χ1v) is 10.2. The third kappa shape index (κ3) is 2.67. The van der Waals surface area contributed by atoms with Crippen LogP contribution in [0.3, 0.4) is 0 Å². The Bertz CT molecular complexity index is 1380. The third-order valence-corrected chi connectivity index (χ3v) is 5.84. The molecule has 1 nitrogen and oxygen atoms in total. The molecule has 0 saturated heterocycles. The van der Waals surface area contributed by atoms with Crippen LogP contribution in [0.1, 0.15) is 0 Å². The van der Waals surface area contributed by atoms with Gasteiger partial charge in [0.25, 0.3) is 0 Å². The van der Waals surface area contributed by atoms with Gasteiger partial charge < -0.3 is 0 Å². The predicted molar refractivity (Wildman–Crippen MR) is 128 cm³/mol. The van der Waals surface area contributed by atoms with Crippen LogP contribution in [0.2, 0.25) is 0 Å². The van der Waals surface area contributed by atoms with Crippen LogP contribution in [-0.4, -0.2) is 4.98 Å². The molecule has 0 aliphatic heterocycles. The third-order valence-electron chi connectivity index (χ3n) is 5.84. The first-order valence-electron chi connectivity index (χ1n) is 10.2. The Kier molecular flexibility index (Phi) is 3.85. The molecule has 1 heterocycles. The summed E-state index contributed by atoms with van der Waals surface area (Å²) in [5.74, 6) is 0. The van der Waals surface area contributed by atoms with Crippen molar-refractivity contribution < 1.29 is 0 Å². The van der Waals surface area contributed by atoms with Crippen molar-refractivity contribution in [2.24, 2.45) is 0 Å². The largest absolute Gasteiger partial charge is 0.248 e. The lowest BCUT2D eigenvalue weighted by Gasteiger charge is -2.00. The fraction of sp³-hybridized carbons (Fsp3) is 0. The van der Waals surface area contributed by atoms with Crippen LogP contribution in [0.5, 0.6) is 0 Å². The normalized spacial score (nSPS) is 11.3. The van der Waals surface area contributed by atoms with Gasteiger partial charge in [-0.25, -0.2) is 4.98 Å². The summed E-state index contributed by atoms with van der Waals surface area (Å²) in [7, 11) is 0. The Labute approximate surface area is 175 Å². The standard InChI is InChI=1S/C16H10.C13H9N/c1-2-8-13-12(7-1)14-9-3-5-11-6-4-10-15(13)16(11)14;1-3-7-12-10(5-1)9-11-6-2-4-8-13(11)14-12/h1-10H;1-9H. The van der Waals surface area contributed by atoms with E-state index in [1.54, 1.807) is 0 Å². The van der Waals surface area contributed by atoms with Crippen LogP contribution in [0.4, 0.5) is 0 Å². The van der Waals surface area contributed by atoms with Crippen molar-refractivity contribution in [2.45, 2.75) is 0 Å². The highest BCUT2D eigenvalue weighted by Gasteiger charge is 2.19. The maximum absolute atomic E-state index is 4.58. The molecule has 0 bridgehead atoms. The summed E-state index contributed by atoms with van der Waals surface area (Å²) in [6.45, 7) is 0. The Morgan fingerprint density at radius 2 is 0.800 bits per heavy atom. The lowest BCUT2D eigenvalue weighted by Crippen LogP contribution is -1.80. The van der Waals surface area contributed by atoms with E-state index in [9.17, 15) is 0 Å². The van der Waals surface area contributed by atoms with E-state index in [2.05, 4.69) is 83.8 Å². The summed E-state index contributed by atoms with van der Waals surface area (Å²) in [4.78, 5) is 4.58. The number of nitrogens with zero attached hydrogens (tertiary/aromatic N) is 1. The molecule has 140 valence electrons. The summed E-state index contributed by atoms with van der Waals surface area (Å²) < 4.78 is 0. The van der Waals surface area contributed by atoms with Crippen LogP contribution < -0.4 is 0 Å². The molecule has 0 spiro atoms. The number of hydrogen-bond acceptors (Lipinski definition) is 1. The van der Waals surface area contributed by atoms with E-state index >= 15 is 0 Å². The highest BCUT2D eigenvalue weighted by Crippen LogP contribution is 2.46. The SMILES string of the molecule is c1ccc2c(c1)-c1cccc3cccc-2c13.c1ccc2nc3ccccc3cc2c1. The Hall–Kier alpha value is -3.97. The summed E-state index contributed by atoms with van der Waals surface area (Å²) in [6.07, 6.45) is 0. The maximum Gasteiger partial charge on any atom is 0.0709 e. The van der Waals surface area contributed by atoms with E-state index in [1.807, 2.05) is 36.4 Å². The monoisotopic (exact) mass is 381 g/mol. The molecule has 0 radical (unpaired) electrons. The fourth-order valence-corrected chi connectivity index (χ4v) is 4.46. The molecular formula is C29H19N. The minimum atomic E-state index is 1.06. The zero-order valence-electron chi connectivity index (χ0n) is 16.4. The van der Waals surface area contributed by atoms with Crippen LogP contribution in [0.15, 0.2) is 115 Å². The molecule has 1 heteroatoms. The number of rotatable bonds is 0. The number of fused-ring (bicyclic) bond motifs is 5. The quantitative estimate of drug-likeness (QED) is 0.244. The second kappa shape index (κ2) is 6.82. The molecule has 1 aliphatic rings. The molecule has 7 rings (SSSR count). The van der Waals surface area contributed by atoms with Crippen LogP contribution in [-0.2, 0) is 0 Å². The Morgan fingerprint density at radius 1 is 0.367 bits per heavy atom. The van der Waals surface area contributed by atoms with E-state index in [4.69, 9.17) is 0 Å². The van der Waals surface area contributed by atoms with Crippen molar-refractivity contribution in [3.05, 3.63) is 115 Å². The van der Waals surface area contributed by atoms with Gasteiger partial charge in [0.2, 0.25) is 0 Å². The number of hydrogen-bond donors (Lipinski definition) is 0. The van der Waals surface area contributed by atoms with E-state index < -0.39 is 0 Å². The molecule has 0 unspecified atom stereocenters. The van der Waals surface area contributed by atoms with Crippen molar-refractivity contribution >= 4 is 32.6 Å². The number of aromatic nitrogens is 1. The van der Waals surface area contributed by atoms with Crippen molar-refractivity contribution in [3.63, 3.8) is 0 Å². The van der Waals surface area contributed by atoms with Gasteiger partial charge in [0.15, 0.2) is 0 Å². The van der Waals surface area contributed by atoms with Crippen LogP contribution in [0.25, 0.3) is 54.8 Å². The Balaban J connectivity index is 0.000000118. The van der Waals surface area contributed by atoms with Crippen molar-refractivity contribution in [1.82, 2.24) is 4.98 Å². The van der Waals surface area contributed by atoms with E-state index in [-0.39, 0.29) is 0 Å². The second-order valence-corrected chi connectivity index (χ2v) is 7.63. The molecule has 0 saturated carbocycles. The van der Waals surface area contributed by atoms with Gasteiger partial charge in [0, 0.05) is 10.8 Å². The molecule has 0 N–H and O–H groups in total. The van der Waals surface area contributed by atoms with Gasteiger partial charge in [-0.15, -0.1) is 0 Å². The maximum atomic E-state index is 4.58. The van der Waals surface area contributed by atoms with Crippen LogP contribution >= 0.6 is 0 Å². The first kappa shape index (κ1) is 16.9. The van der Waals surface area contributed by atoms with Crippen molar-refractivity contribution in [2.75, 3.05) is 0 Å². The highest BCUT2D eigenvalue weighted by molar-refractivity contribution is 6.15. The number of para-hydroxylation sites is 2. The van der Waals surface area contributed by atoms with Gasteiger partial charge in [-0.05, 0) is 51.2 Å². The average molecular weight is 381 g/mol. The summed E-state index contributed by atoms with van der Waals surface area (Å²) in [5, 5.41) is 5.15. The second-order valence-electron chi connectivity index (χ2n) is 7.63. The van der Waals surface area contributed by atoms with Crippen LogP contribution in [0, 0.1) is 0 Å². The van der Waals surface area contributed by atoms with Gasteiger partial charge >= 0.3 is 0 Å². The van der Waals surface area contributed by atoms with Gasteiger partial charge in [-0.3, -0.25) is 0 Å². The topological polar surface area (TPSA) is 12.9 Å². The minimum Gasteiger partial charge on any atom is -0.248 e. The zero-order valence-corrected chi connectivity index (χ0v) is 16.4. The molecule has 1 aromatic heterocycles. The van der Waals surface area contributed by atoms with E-state index in [1.165, 1.54) is 43.8 Å². The van der Waals surface area contributed by atoms with E-state index in [0.717, 1.165) is 11.0 Å². The molecular weight excluding hydrogens is 362 g/mol. The molecule has 6 aromatic rings. The molecule has 30 heavy (non-hydrogen) atoms. The first-order chi connectivity index (χ1) is 14.9. The number of pyridine rings is 1. The van der Waals surface area contributed by atoms with E-state index in [0.29, 0.717) is 0 Å². The molecule has 0 atom stereocenters. The fourth-order valence-electron chi connectivity index (χ4n) is 4.46. The van der Waals surface area contributed by atoms with Gasteiger partial charge in [-0.1, -0.05) is 97.1 Å². The molecule has 0 amide bonds. The minimum absolute atomic E-state index is 1.06. The smallest absolute Gasteiger partial charge is 0.0709 e. The van der Waals surface area contributed by atoms with Crippen molar-refractivity contribution in [1.29, 1.82) is 0 Å². The summed E-state index contributed by atoms with van der Waals surface area (Å²) in [6, 6.07) is 40.3. The Morgan fingerprint density at radius 3 is 1.37 bits per heavy atom. The lowest BCUT2D eigenvalue weighted by molar-refractivity contribution is 1.50. The van der Waals surface area contributed by atoms with Gasteiger partial charge in [0.1, 0.15) is 0 Å². The summed E-state index contributed by atoms with van der Waals surface area (Å²) in [5.41, 5.74) is 7.62. The van der Waals surface area contributed by atoms with Crippen molar-refractivity contribution in [3.8, 4) is 22.3 Å². The van der Waals surface area contributed by atoms with Gasteiger partial charge in [-0.2, -0.15) is 0 Å². The predicted octanol–water partition coefficient (Wildman–Crippen LogP) is 7.88. The average Bonchev–Trinajstić information content (AvgIpc) is 3.14. The zero-order chi connectivity index (χ0) is 19.9. The molecule has 0 fully saturated rings. The number of benzene rings is 5. The highest BCUT2D eigenvalue weighted by atomic mass is 14.7. The molecule has 1 aliphatic carbocycles. The molecule has 5 aromatic carbocycles. The van der Waals surface area contributed by atoms with Gasteiger partial charge in [0.05, 0.1) is 11.0 Å².